The summed E-state index contributed by atoms with van der Waals surface area (Å²) in [6.07, 6.45) is -2.06. The van der Waals surface area contributed by atoms with Gasteiger partial charge in [0.1, 0.15) is 0 Å². The number of aliphatic hydroxyl groups is 1. The van der Waals surface area contributed by atoms with Crippen LogP contribution in [0.2, 0.25) is 0 Å². The Kier molecular flexibility index (Phi) is 5.69. The number of ether oxygens (including phenoxy) is 1. The Morgan fingerprint density at radius 1 is 1.35 bits per heavy atom. The lowest BCUT2D eigenvalue weighted by molar-refractivity contribution is -0.190. The highest BCUT2D eigenvalue weighted by Gasteiger charge is 2.45. The molecular weight excluding hydrogens is 235 g/mol. The van der Waals surface area contributed by atoms with Crippen LogP contribution >= 0.6 is 0 Å². The molecule has 0 saturated heterocycles. The molecule has 3 unspecified atom stereocenters. The Labute approximate surface area is 99.3 Å². The Morgan fingerprint density at radius 3 is 2.53 bits per heavy atom. The summed E-state index contributed by atoms with van der Waals surface area (Å²) in [5.41, 5.74) is 0. The lowest BCUT2D eigenvalue weighted by Gasteiger charge is -2.35. The van der Waals surface area contributed by atoms with Gasteiger partial charge in [0.05, 0.1) is 25.2 Å². The van der Waals surface area contributed by atoms with Crippen LogP contribution in [0.5, 0.6) is 0 Å². The van der Waals surface area contributed by atoms with Crippen LogP contribution in [0.25, 0.3) is 0 Å². The third-order valence-corrected chi connectivity index (χ3v) is 3.22. The minimum absolute atomic E-state index is 0.173. The number of aliphatic hydroxyl groups excluding tert-OH is 1. The number of hydrogen-bond donors (Lipinski definition) is 2. The van der Waals surface area contributed by atoms with Gasteiger partial charge in [0.2, 0.25) is 0 Å². The van der Waals surface area contributed by atoms with Gasteiger partial charge < -0.3 is 15.2 Å². The maximum atomic E-state index is 12.8. The number of hydrogen-bond acceptors (Lipinski definition) is 3. The molecule has 17 heavy (non-hydrogen) atoms. The van der Waals surface area contributed by atoms with Crippen LogP contribution in [0.1, 0.15) is 25.7 Å². The van der Waals surface area contributed by atoms with Crippen molar-refractivity contribution in [3.63, 3.8) is 0 Å². The Morgan fingerprint density at radius 2 is 2.00 bits per heavy atom. The summed E-state index contributed by atoms with van der Waals surface area (Å²) in [5, 5.41) is 11.9. The minimum atomic E-state index is -4.16. The van der Waals surface area contributed by atoms with Gasteiger partial charge in [0.25, 0.3) is 0 Å². The first-order chi connectivity index (χ1) is 7.99. The topological polar surface area (TPSA) is 41.5 Å². The van der Waals surface area contributed by atoms with E-state index in [1.807, 2.05) is 0 Å². The molecule has 0 aromatic heterocycles. The van der Waals surface area contributed by atoms with Gasteiger partial charge in [-0.05, 0) is 12.8 Å². The molecule has 3 nitrogen and oxygen atoms in total. The summed E-state index contributed by atoms with van der Waals surface area (Å²) in [7, 11) is 1.46. The maximum Gasteiger partial charge on any atom is 0.393 e. The van der Waals surface area contributed by atoms with E-state index in [0.717, 1.165) is 6.42 Å². The molecule has 2 N–H and O–H groups in total. The molecule has 1 fully saturated rings. The lowest BCUT2D eigenvalue weighted by atomic mass is 9.83. The van der Waals surface area contributed by atoms with Crippen molar-refractivity contribution in [1.29, 1.82) is 0 Å². The molecule has 1 aliphatic rings. The molecule has 0 spiro atoms. The summed E-state index contributed by atoms with van der Waals surface area (Å²) in [6.45, 7) is 0.00644. The highest BCUT2D eigenvalue weighted by Crippen LogP contribution is 2.37. The number of alkyl halides is 3. The second-order valence-corrected chi connectivity index (χ2v) is 4.54. The van der Waals surface area contributed by atoms with Crippen LogP contribution in [0.3, 0.4) is 0 Å². The summed E-state index contributed by atoms with van der Waals surface area (Å²) < 4.78 is 43.2. The van der Waals surface area contributed by atoms with Gasteiger partial charge in [-0.1, -0.05) is 12.8 Å². The molecule has 0 aromatic carbocycles. The van der Waals surface area contributed by atoms with Crippen molar-refractivity contribution in [2.75, 3.05) is 20.3 Å². The van der Waals surface area contributed by atoms with Gasteiger partial charge in [-0.25, -0.2) is 0 Å². The van der Waals surface area contributed by atoms with Crippen molar-refractivity contribution >= 4 is 0 Å². The van der Waals surface area contributed by atoms with Crippen LogP contribution < -0.4 is 5.32 Å². The monoisotopic (exact) mass is 255 g/mol. The Balaban J connectivity index is 2.58. The van der Waals surface area contributed by atoms with E-state index >= 15 is 0 Å². The number of methoxy groups -OCH3 is 1. The van der Waals surface area contributed by atoms with E-state index in [1.54, 1.807) is 0 Å². The normalized spacial score (nSPS) is 28.1. The van der Waals surface area contributed by atoms with Crippen LogP contribution in [-0.2, 0) is 4.74 Å². The van der Waals surface area contributed by atoms with Crippen molar-refractivity contribution in [2.45, 2.75) is 43.9 Å². The third kappa shape index (κ3) is 4.44. The van der Waals surface area contributed by atoms with Gasteiger partial charge in [-0.3, -0.25) is 0 Å². The highest BCUT2D eigenvalue weighted by atomic mass is 19.4. The second kappa shape index (κ2) is 6.56. The predicted octanol–water partition coefficient (Wildman–Crippen LogP) is 1.70. The fourth-order valence-corrected chi connectivity index (χ4v) is 2.38. The third-order valence-electron chi connectivity index (χ3n) is 3.22. The molecule has 0 aromatic rings. The largest absolute Gasteiger partial charge is 0.395 e. The van der Waals surface area contributed by atoms with E-state index in [0.29, 0.717) is 12.8 Å². The first-order valence-corrected chi connectivity index (χ1v) is 5.91. The Bertz CT molecular complexity index is 223. The minimum Gasteiger partial charge on any atom is -0.395 e. The number of halogens is 3. The molecule has 1 aliphatic carbocycles. The molecule has 1 rings (SSSR count). The number of rotatable bonds is 5. The lowest BCUT2D eigenvalue weighted by Crippen LogP contribution is -2.51. The summed E-state index contributed by atoms with van der Waals surface area (Å²) in [5.74, 6) is -1.30. The van der Waals surface area contributed by atoms with E-state index in [-0.39, 0.29) is 19.6 Å². The fraction of sp³-hybridized carbons (Fsp3) is 1.00. The molecular formula is C11H20F3NO2. The standard InChI is InChI=1S/C11H20F3NO2/c1-17-7-8(6-16)15-10-5-3-2-4-9(10)11(12,13)14/h8-10,15-16H,2-7H2,1H3. The average Bonchev–Trinajstić information content (AvgIpc) is 2.27. The van der Waals surface area contributed by atoms with Crippen molar-refractivity contribution in [1.82, 2.24) is 5.32 Å². The smallest absolute Gasteiger partial charge is 0.393 e. The van der Waals surface area contributed by atoms with E-state index in [4.69, 9.17) is 9.84 Å². The van der Waals surface area contributed by atoms with Crippen LogP contribution in [0, 0.1) is 5.92 Å². The zero-order chi connectivity index (χ0) is 12.9. The van der Waals surface area contributed by atoms with Crippen molar-refractivity contribution in [2.24, 2.45) is 5.92 Å². The predicted molar refractivity (Wildman–Crippen MR) is 57.7 cm³/mol. The first-order valence-electron chi connectivity index (χ1n) is 5.91. The van der Waals surface area contributed by atoms with Crippen LogP contribution in [0.4, 0.5) is 13.2 Å². The van der Waals surface area contributed by atoms with E-state index < -0.39 is 24.2 Å². The molecule has 0 heterocycles. The molecule has 1 saturated carbocycles. The van der Waals surface area contributed by atoms with Gasteiger partial charge in [-0.2, -0.15) is 13.2 Å². The van der Waals surface area contributed by atoms with Crippen LogP contribution in [0.15, 0.2) is 0 Å². The maximum absolute atomic E-state index is 12.8. The highest BCUT2D eigenvalue weighted by molar-refractivity contribution is 4.87. The quantitative estimate of drug-likeness (QED) is 0.785. The number of nitrogens with one attached hydrogen (secondary N) is 1. The summed E-state index contributed by atoms with van der Waals surface area (Å²) in [6, 6.07) is -1.02. The first kappa shape index (κ1) is 14.7. The average molecular weight is 255 g/mol. The molecule has 0 aliphatic heterocycles. The van der Waals surface area contributed by atoms with Gasteiger partial charge in [-0.15, -0.1) is 0 Å². The van der Waals surface area contributed by atoms with E-state index in [1.165, 1.54) is 7.11 Å². The zero-order valence-electron chi connectivity index (χ0n) is 9.96. The molecule has 0 radical (unpaired) electrons. The van der Waals surface area contributed by atoms with Crippen molar-refractivity contribution in [3.8, 4) is 0 Å². The SMILES string of the molecule is COCC(CO)NC1CCCCC1C(F)(F)F. The van der Waals surface area contributed by atoms with E-state index in [9.17, 15) is 13.2 Å². The van der Waals surface area contributed by atoms with Gasteiger partial charge >= 0.3 is 6.18 Å². The second-order valence-electron chi connectivity index (χ2n) is 4.54. The van der Waals surface area contributed by atoms with E-state index in [2.05, 4.69) is 5.32 Å². The van der Waals surface area contributed by atoms with Crippen molar-refractivity contribution in [3.05, 3.63) is 0 Å². The molecule has 3 atom stereocenters. The molecule has 6 heteroatoms. The summed E-state index contributed by atoms with van der Waals surface area (Å²) in [4.78, 5) is 0. The fourth-order valence-electron chi connectivity index (χ4n) is 2.38. The molecule has 102 valence electrons. The van der Waals surface area contributed by atoms with Crippen LogP contribution in [-0.4, -0.2) is 43.7 Å². The Hall–Kier alpha value is -0.330. The zero-order valence-corrected chi connectivity index (χ0v) is 9.96. The van der Waals surface area contributed by atoms with Gasteiger partial charge in [0, 0.05) is 13.2 Å². The molecule has 0 bridgehead atoms. The summed E-state index contributed by atoms with van der Waals surface area (Å²) >= 11 is 0. The van der Waals surface area contributed by atoms with Gasteiger partial charge in [0.15, 0.2) is 0 Å². The molecule has 0 amide bonds. The van der Waals surface area contributed by atoms with Crippen molar-refractivity contribution < 1.29 is 23.0 Å².